The molecule has 0 aromatic heterocycles. The zero-order valence-electron chi connectivity index (χ0n) is 17.1. The van der Waals surface area contributed by atoms with Crippen molar-refractivity contribution < 1.29 is 22.7 Å². The smallest absolute Gasteiger partial charge is 0.345 e. The van der Waals surface area contributed by atoms with E-state index in [1.54, 1.807) is 18.2 Å². The Hall–Kier alpha value is -3.33. The molecule has 2 aromatic carbocycles. The number of nitrogens with one attached hydrogen (secondary N) is 1. The predicted octanol–water partition coefficient (Wildman–Crippen LogP) is 2.44. The van der Waals surface area contributed by atoms with Crippen LogP contribution in [-0.2, 0) is 15.0 Å². The van der Waals surface area contributed by atoms with Gasteiger partial charge >= 0.3 is 10.2 Å². The fraction of sp³-hybridized carbons (Fsp3) is 0.238. The monoisotopic (exact) mass is 429 g/mol. The van der Waals surface area contributed by atoms with Crippen LogP contribution in [0.15, 0.2) is 64.7 Å². The summed E-state index contributed by atoms with van der Waals surface area (Å²) in [5.74, 6) is 0.396. The van der Waals surface area contributed by atoms with Crippen LogP contribution in [0.25, 0.3) is 0 Å². The van der Waals surface area contributed by atoms with Gasteiger partial charge in [-0.1, -0.05) is 30.3 Å². The molecule has 9 heteroatoms. The number of nitrogens with zero attached hydrogens (tertiary/aromatic N) is 2. The molecule has 2 aromatic rings. The lowest BCUT2D eigenvalue weighted by Gasteiger charge is -2.25. The van der Waals surface area contributed by atoms with E-state index < -0.39 is 16.1 Å². The number of amides is 1. The van der Waals surface area contributed by atoms with E-state index in [9.17, 15) is 13.2 Å². The number of carbonyl (C=O) groups is 1. The summed E-state index contributed by atoms with van der Waals surface area (Å²) in [6, 6.07) is 14.0. The minimum Gasteiger partial charge on any atom is -0.493 e. The highest BCUT2D eigenvalue weighted by atomic mass is 32.2. The molecular weight excluding hydrogens is 406 g/mol. The zero-order valence-corrected chi connectivity index (χ0v) is 17.9. The van der Waals surface area contributed by atoms with Gasteiger partial charge in [0.05, 0.1) is 26.0 Å². The Bertz CT molecular complexity index is 1110. The standard InChI is InChI=1S/C21H23N3O5S/c1-14(15-8-6-5-7-9-15)22-21(25)18-13-17(23-30(26,27)24(18)2)16-10-11-19(28-3)20(12-16)29-4/h5-14H,1-4H3,(H,22,25)/t14-/m0/s1. The molecule has 1 heterocycles. The van der Waals surface area contributed by atoms with Gasteiger partial charge in [-0.25, -0.2) is 4.31 Å². The maximum atomic E-state index is 12.9. The SMILES string of the molecule is COc1ccc(C2=NS(=O)(=O)N(C)C(C(=O)N[C@@H](C)c3ccccc3)=C2)cc1OC. The second kappa shape index (κ2) is 8.58. The third-order valence-electron chi connectivity index (χ3n) is 4.73. The fourth-order valence-corrected chi connectivity index (χ4v) is 3.91. The second-order valence-corrected chi connectivity index (χ2v) is 8.25. The molecule has 1 amide bonds. The second-order valence-electron chi connectivity index (χ2n) is 6.63. The van der Waals surface area contributed by atoms with Gasteiger partial charge in [-0.15, -0.1) is 4.40 Å². The van der Waals surface area contributed by atoms with Gasteiger partial charge < -0.3 is 14.8 Å². The van der Waals surface area contributed by atoms with E-state index in [1.165, 1.54) is 27.3 Å². The van der Waals surface area contributed by atoms with Crippen LogP contribution in [0.2, 0.25) is 0 Å². The van der Waals surface area contributed by atoms with Gasteiger partial charge in [0.25, 0.3) is 5.91 Å². The van der Waals surface area contributed by atoms with Gasteiger partial charge in [-0.2, -0.15) is 8.42 Å². The van der Waals surface area contributed by atoms with Crippen LogP contribution in [0, 0.1) is 0 Å². The molecule has 0 radical (unpaired) electrons. The summed E-state index contributed by atoms with van der Waals surface area (Å²) >= 11 is 0. The van der Waals surface area contributed by atoms with Crippen LogP contribution in [0.3, 0.4) is 0 Å². The summed E-state index contributed by atoms with van der Waals surface area (Å²) in [7, 11) is 0.212. The van der Waals surface area contributed by atoms with Crippen molar-refractivity contribution >= 4 is 21.8 Å². The third kappa shape index (κ3) is 4.30. The van der Waals surface area contributed by atoms with Crippen molar-refractivity contribution in [1.82, 2.24) is 9.62 Å². The lowest BCUT2D eigenvalue weighted by atomic mass is 10.1. The molecule has 1 aliphatic rings. The maximum Gasteiger partial charge on any atom is 0.345 e. The average Bonchev–Trinajstić information content (AvgIpc) is 2.75. The Morgan fingerprint density at radius 1 is 1.07 bits per heavy atom. The molecule has 0 bridgehead atoms. The van der Waals surface area contributed by atoms with E-state index in [2.05, 4.69) is 9.71 Å². The zero-order chi connectivity index (χ0) is 21.9. The minimum atomic E-state index is -4.07. The van der Waals surface area contributed by atoms with Gasteiger partial charge in [0, 0.05) is 12.6 Å². The Morgan fingerprint density at radius 2 is 1.73 bits per heavy atom. The van der Waals surface area contributed by atoms with Crippen molar-refractivity contribution in [3.63, 3.8) is 0 Å². The highest BCUT2D eigenvalue weighted by Gasteiger charge is 2.30. The van der Waals surface area contributed by atoms with Crippen molar-refractivity contribution in [3.05, 3.63) is 71.4 Å². The Balaban J connectivity index is 1.95. The van der Waals surface area contributed by atoms with Gasteiger partial charge in [0.1, 0.15) is 5.70 Å². The van der Waals surface area contributed by atoms with E-state index in [0.29, 0.717) is 17.1 Å². The van der Waals surface area contributed by atoms with E-state index in [-0.39, 0.29) is 17.5 Å². The lowest BCUT2D eigenvalue weighted by molar-refractivity contribution is -0.119. The molecule has 0 saturated heterocycles. The number of methoxy groups -OCH3 is 2. The summed E-state index contributed by atoms with van der Waals surface area (Å²) in [5, 5.41) is 2.83. The third-order valence-corrected chi connectivity index (χ3v) is 6.05. The molecule has 0 unspecified atom stereocenters. The van der Waals surface area contributed by atoms with Crippen molar-refractivity contribution in [2.75, 3.05) is 21.3 Å². The first-order valence-electron chi connectivity index (χ1n) is 9.15. The first kappa shape index (κ1) is 21.4. The molecule has 158 valence electrons. The summed E-state index contributed by atoms with van der Waals surface area (Å²) in [5.41, 5.74) is 1.48. The topological polar surface area (TPSA) is 97.3 Å². The van der Waals surface area contributed by atoms with Gasteiger partial charge in [-0.3, -0.25) is 4.79 Å². The Kier molecular flexibility index (Phi) is 6.12. The van der Waals surface area contributed by atoms with Gasteiger partial charge in [0.2, 0.25) is 0 Å². The normalized spacial score (nSPS) is 16.2. The Labute approximate surface area is 176 Å². The first-order chi connectivity index (χ1) is 14.3. The molecule has 30 heavy (non-hydrogen) atoms. The van der Waals surface area contributed by atoms with Crippen molar-refractivity contribution in [2.45, 2.75) is 13.0 Å². The van der Waals surface area contributed by atoms with Gasteiger partial charge in [0.15, 0.2) is 11.5 Å². The fourth-order valence-electron chi connectivity index (χ4n) is 2.99. The lowest BCUT2D eigenvalue weighted by Crippen LogP contribution is -2.39. The molecule has 1 atom stereocenters. The average molecular weight is 429 g/mol. The highest BCUT2D eigenvalue weighted by Crippen LogP contribution is 2.29. The number of rotatable bonds is 6. The van der Waals surface area contributed by atoms with Crippen molar-refractivity contribution in [3.8, 4) is 11.5 Å². The molecule has 1 aliphatic heterocycles. The van der Waals surface area contributed by atoms with E-state index in [0.717, 1.165) is 9.87 Å². The minimum absolute atomic E-state index is 0.0300. The van der Waals surface area contributed by atoms with Crippen LogP contribution < -0.4 is 14.8 Å². The molecule has 0 aliphatic carbocycles. The van der Waals surface area contributed by atoms with Crippen molar-refractivity contribution in [1.29, 1.82) is 0 Å². The Morgan fingerprint density at radius 3 is 2.37 bits per heavy atom. The largest absolute Gasteiger partial charge is 0.493 e. The van der Waals surface area contributed by atoms with Crippen molar-refractivity contribution in [2.24, 2.45) is 4.40 Å². The summed E-state index contributed by atoms with van der Waals surface area (Å²) in [6.07, 6.45) is 1.44. The molecule has 0 spiro atoms. The number of carbonyl (C=O) groups excluding carboxylic acids is 1. The number of allylic oxidation sites excluding steroid dienone is 1. The quantitative estimate of drug-likeness (QED) is 0.761. The predicted molar refractivity (Wildman–Crippen MR) is 114 cm³/mol. The number of ether oxygens (including phenoxy) is 2. The highest BCUT2D eigenvalue weighted by molar-refractivity contribution is 7.88. The number of likely N-dealkylation sites (N-methyl/N-ethyl adjacent to an activating group) is 1. The van der Waals surface area contributed by atoms with Crippen LogP contribution in [0.5, 0.6) is 11.5 Å². The van der Waals surface area contributed by atoms with E-state index in [4.69, 9.17) is 9.47 Å². The van der Waals surface area contributed by atoms with Crippen LogP contribution in [-0.4, -0.2) is 45.6 Å². The number of benzene rings is 2. The van der Waals surface area contributed by atoms with Crippen LogP contribution >= 0.6 is 0 Å². The first-order valence-corrected chi connectivity index (χ1v) is 10.5. The number of hydrogen-bond acceptors (Lipinski definition) is 5. The summed E-state index contributed by atoms with van der Waals surface area (Å²) in [4.78, 5) is 12.9. The van der Waals surface area contributed by atoms with E-state index >= 15 is 0 Å². The molecule has 1 N–H and O–H groups in total. The molecular formula is C21H23N3O5S. The molecule has 0 fully saturated rings. The molecule has 8 nitrogen and oxygen atoms in total. The molecule has 3 rings (SSSR count). The van der Waals surface area contributed by atoms with Crippen LogP contribution in [0.1, 0.15) is 24.1 Å². The van der Waals surface area contributed by atoms with Crippen LogP contribution in [0.4, 0.5) is 0 Å². The molecule has 0 saturated carbocycles. The number of hydrogen-bond donors (Lipinski definition) is 1. The summed E-state index contributed by atoms with van der Waals surface area (Å²) in [6.45, 7) is 1.83. The van der Waals surface area contributed by atoms with E-state index in [1.807, 2.05) is 37.3 Å². The van der Waals surface area contributed by atoms with Gasteiger partial charge in [-0.05, 0) is 36.8 Å². The summed E-state index contributed by atoms with van der Waals surface area (Å²) < 4.78 is 40.3. The maximum absolute atomic E-state index is 12.9.